The Morgan fingerprint density at radius 2 is 1.64 bits per heavy atom. The number of rotatable bonds is 7. The van der Waals surface area contributed by atoms with Crippen molar-refractivity contribution >= 4 is 17.5 Å². The molecule has 0 saturated carbocycles. The molecular weight excluding hydrogens is 328 g/mol. The zero-order chi connectivity index (χ0) is 18.2. The predicted octanol–water partition coefficient (Wildman–Crippen LogP) is 0.734. The van der Waals surface area contributed by atoms with Crippen LogP contribution in [0.4, 0.5) is 14.5 Å². The Hall–Kier alpha value is -2.80. The molecule has 3 N–H and O–H groups in total. The highest BCUT2D eigenvalue weighted by Gasteiger charge is 2.14. The third-order valence-corrected chi connectivity index (χ3v) is 3.44. The third kappa shape index (κ3) is 6.68. The summed E-state index contributed by atoms with van der Waals surface area (Å²) in [4.78, 5) is 24.5. The van der Waals surface area contributed by atoms with Crippen LogP contribution >= 0.6 is 0 Å². The lowest BCUT2D eigenvalue weighted by atomic mass is 10.2. The maximum atomic E-state index is 13.1. The van der Waals surface area contributed by atoms with Crippen molar-refractivity contribution in [3.8, 4) is 0 Å². The molecule has 5 nitrogen and oxygen atoms in total. The number of hydrogen-bond acceptors (Lipinski definition) is 2. The highest BCUT2D eigenvalue weighted by molar-refractivity contribution is 5.91. The van der Waals surface area contributed by atoms with Gasteiger partial charge in [-0.3, -0.25) is 9.59 Å². The van der Waals surface area contributed by atoms with E-state index in [1.165, 1.54) is 30.3 Å². The van der Waals surface area contributed by atoms with Gasteiger partial charge in [0, 0.05) is 12.2 Å². The lowest BCUT2D eigenvalue weighted by molar-refractivity contribution is -0.862. The van der Waals surface area contributed by atoms with Crippen molar-refractivity contribution in [3.05, 3.63) is 65.7 Å². The molecule has 0 aliphatic rings. The van der Waals surface area contributed by atoms with Gasteiger partial charge in [0.05, 0.1) is 7.05 Å². The molecule has 132 valence electrons. The van der Waals surface area contributed by atoms with E-state index in [9.17, 15) is 18.4 Å². The van der Waals surface area contributed by atoms with E-state index in [1.807, 2.05) is 0 Å². The number of anilines is 1. The Morgan fingerprint density at radius 3 is 2.32 bits per heavy atom. The van der Waals surface area contributed by atoms with E-state index in [0.717, 1.165) is 5.56 Å². The molecule has 25 heavy (non-hydrogen) atoms. The van der Waals surface area contributed by atoms with Gasteiger partial charge in [0.2, 0.25) is 0 Å². The smallest absolute Gasteiger partial charge is 0.279 e. The quantitative estimate of drug-likeness (QED) is 0.691. The molecule has 0 radical (unpaired) electrons. The summed E-state index contributed by atoms with van der Waals surface area (Å²) in [7, 11) is 1.71. The number of nitrogens with one attached hydrogen (secondary N) is 3. The van der Waals surface area contributed by atoms with Crippen LogP contribution in [0, 0.1) is 11.6 Å². The number of likely N-dealkylation sites (N-methyl/N-ethyl adjacent to an activating group) is 1. The second-order valence-corrected chi connectivity index (χ2v) is 5.77. The van der Waals surface area contributed by atoms with Crippen LogP contribution < -0.4 is 15.5 Å². The van der Waals surface area contributed by atoms with Gasteiger partial charge in [0.25, 0.3) is 11.8 Å². The van der Waals surface area contributed by atoms with Gasteiger partial charge in [-0.05, 0) is 35.9 Å². The van der Waals surface area contributed by atoms with Crippen molar-refractivity contribution < 1.29 is 23.3 Å². The first kappa shape index (κ1) is 18.5. The van der Waals surface area contributed by atoms with Crippen LogP contribution in [0.2, 0.25) is 0 Å². The number of carbonyl (C=O) groups excluding carboxylic acids is 2. The average molecular weight is 348 g/mol. The Morgan fingerprint density at radius 1 is 0.960 bits per heavy atom. The van der Waals surface area contributed by atoms with Crippen LogP contribution in [-0.2, 0) is 16.1 Å². The van der Waals surface area contributed by atoms with Crippen LogP contribution in [0.25, 0.3) is 0 Å². The summed E-state index contributed by atoms with van der Waals surface area (Å²) in [6, 6.07) is 11.5. The fourth-order valence-corrected chi connectivity index (χ4v) is 2.25. The molecule has 1 atom stereocenters. The Labute approximate surface area is 144 Å². The minimum atomic E-state index is -0.432. The SMILES string of the molecule is C[NH+](CC(=O)NCc1ccc(F)cc1)CC(=O)Nc1cccc(F)c1. The molecule has 0 aliphatic heterocycles. The summed E-state index contributed by atoms with van der Waals surface area (Å²) in [6.07, 6.45) is 0. The van der Waals surface area contributed by atoms with E-state index in [1.54, 1.807) is 25.2 Å². The van der Waals surface area contributed by atoms with E-state index in [2.05, 4.69) is 10.6 Å². The molecule has 0 aromatic heterocycles. The summed E-state index contributed by atoms with van der Waals surface area (Å²) in [6.45, 7) is 0.472. The largest absolute Gasteiger partial charge is 0.347 e. The van der Waals surface area contributed by atoms with Gasteiger partial charge in [0.1, 0.15) is 11.6 Å². The fourth-order valence-electron chi connectivity index (χ4n) is 2.25. The summed E-state index contributed by atoms with van der Waals surface area (Å²) >= 11 is 0. The number of amides is 2. The van der Waals surface area contributed by atoms with Gasteiger partial charge in [-0.1, -0.05) is 18.2 Å². The number of benzene rings is 2. The Kier molecular flexibility index (Phi) is 6.59. The van der Waals surface area contributed by atoms with E-state index in [4.69, 9.17) is 0 Å². The molecule has 0 aliphatic carbocycles. The maximum absolute atomic E-state index is 13.1. The minimum Gasteiger partial charge on any atom is -0.347 e. The van der Waals surface area contributed by atoms with Crippen molar-refractivity contribution in [2.24, 2.45) is 0 Å². The Bertz CT molecular complexity index is 735. The number of carbonyl (C=O) groups is 2. The highest BCUT2D eigenvalue weighted by atomic mass is 19.1. The number of hydrogen-bond donors (Lipinski definition) is 3. The summed E-state index contributed by atoms with van der Waals surface area (Å²) in [5.74, 6) is -1.29. The van der Waals surface area contributed by atoms with Gasteiger partial charge < -0.3 is 15.5 Å². The average Bonchev–Trinajstić information content (AvgIpc) is 2.54. The molecule has 0 bridgehead atoms. The molecule has 0 spiro atoms. The number of halogens is 2. The topological polar surface area (TPSA) is 62.6 Å². The summed E-state index contributed by atoms with van der Waals surface area (Å²) < 4.78 is 25.9. The first-order chi connectivity index (χ1) is 11.9. The van der Waals surface area contributed by atoms with Crippen LogP contribution in [-0.4, -0.2) is 32.0 Å². The number of quaternary nitrogens is 1. The first-order valence-electron chi connectivity index (χ1n) is 7.80. The van der Waals surface area contributed by atoms with E-state index in [-0.39, 0.29) is 30.7 Å². The van der Waals surface area contributed by atoms with Crippen LogP contribution in [0.3, 0.4) is 0 Å². The van der Waals surface area contributed by atoms with Crippen molar-refractivity contribution in [1.29, 1.82) is 0 Å². The molecular formula is C18H20F2N3O2+. The van der Waals surface area contributed by atoms with E-state index < -0.39 is 5.82 Å². The highest BCUT2D eigenvalue weighted by Crippen LogP contribution is 2.08. The van der Waals surface area contributed by atoms with Crippen molar-refractivity contribution in [2.75, 3.05) is 25.5 Å². The van der Waals surface area contributed by atoms with Gasteiger partial charge in [-0.2, -0.15) is 0 Å². The lowest BCUT2D eigenvalue weighted by Crippen LogP contribution is -3.11. The second-order valence-electron chi connectivity index (χ2n) is 5.77. The standard InChI is InChI=1S/C18H19F2N3O2/c1-23(12-18(25)22-16-4-2-3-15(20)9-16)11-17(24)21-10-13-5-7-14(19)8-6-13/h2-9H,10-12H2,1H3,(H,21,24)(H,22,25)/p+1. The van der Waals surface area contributed by atoms with Crippen molar-refractivity contribution in [3.63, 3.8) is 0 Å². The first-order valence-corrected chi connectivity index (χ1v) is 7.80. The molecule has 1 unspecified atom stereocenters. The molecule has 2 aromatic carbocycles. The second kappa shape index (κ2) is 8.89. The van der Waals surface area contributed by atoms with E-state index in [0.29, 0.717) is 17.1 Å². The molecule has 2 aromatic rings. The van der Waals surface area contributed by atoms with Crippen LogP contribution in [0.1, 0.15) is 5.56 Å². The monoisotopic (exact) mass is 348 g/mol. The third-order valence-electron chi connectivity index (χ3n) is 3.44. The zero-order valence-corrected chi connectivity index (χ0v) is 13.8. The lowest BCUT2D eigenvalue weighted by Gasteiger charge is -2.14. The molecule has 0 saturated heterocycles. The van der Waals surface area contributed by atoms with Crippen molar-refractivity contribution in [2.45, 2.75) is 6.54 Å². The van der Waals surface area contributed by atoms with Gasteiger partial charge >= 0.3 is 0 Å². The fraction of sp³-hybridized carbons (Fsp3) is 0.222. The zero-order valence-electron chi connectivity index (χ0n) is 13.8. The molecule has 7 heteroatoms. The maximum Gasteiger partial charge on any atom is 0.279 e. The minimum absolute atomic E-state index is 0.0699. The van der Waals surface area contributed by atoms with Crippen molar-refractivity contribution in [1.82, 2.24) is 5.32 Å². The summed E-state index contributed by atoms with van der Waals surface area (Å²) in [5.41, 5.74) is 1.16. The molecule has 0 fully saturated rings. The normalized spacial score (nSPS) is 11.6. The van der Waals surface area contributed by atoms with E-state index >= 15 is 0 Å². The molecule has 2 amide bonds. The van der Waals surface area contributed by atoms with Gasteiger partial charge in [-0.25, -0.2) is 8.78 Å². The Balaban J connectivity index is 1.73. The molecule has 0 heterocycles. The van der Waals surface area contributed by atoms with Gasteiger partial charge in [-0.15, -0.1) is 0 Å². The van der Waals surface area contributed by atoms with Crippen LogP contribution in [0.5, 0.6) is 0 Å². The van der Waals surface area contributed by atoms with Crippen LogP contribution in [0.15, 0.2) is 48.5 Å². The predicted molar refractivity (Wildman–Crippen MR) is 89.9 cm³/mol. The molecule has 2 rings (SSSR count). The summed E-state index contributed by atoms with van der Waals surface area (Å²) in [5, 5.41) is 5.30. The van der Waals surface area contributed by atoms with Gasteiger partial charge in [0.15, 0.2) is 13.1 Å².